The lowest BCUT2D eigenvalue weighted by Gasteiger charge is -2.28. The highest BCUT2D eigenvalue weighted by Crippen LogP contribution is 2.26. The van der Waals surface area contributed by atoms with Crippen LogP contribution in [0.5, 0.6) is 0 Å². The molecule has 5 rings (SSSR count). The fourth-order valence-electron chi connectivity index (χ4n) is 3.84. The first-order valence-corrected chi connectivity index (χ1v) is 11.1. The number of pyridine rings is 1. The predicted molar refractivity (Wildman–Crippen MR) is 110 cm³/mol. The molecule has 28 heavy (non-hydrogen) atoms. The molecule has 142 valence electrons. The van der Waals surface area contributed by atoms with Crippen LogP contribution in [0.2, 0.25) is 0 Å². The lowest BCUT2D eigenvalue weighted by atomic mass is 10.1. The fourth-order valence-corrected chi connectivity index (χ4v) is 5.62. The molecule has 0 saturated heterocycles. The Labute approximate surface area is 171 Å². The van der Waals surface area contributed by atoms with Crippen LogP contribution in [0, 0.1) is 0 Å². The summed E-state index contributed by atoms with van der Waals surface area (Å²) < 4.78 is 0. The number of hydrogen-bond acceptors (Lipinski definition) is 5. The van der Waals surface area contributed by atoms with Crippen LogP contribution >= 0.6 is 22.7 Å². The maximum atomic E-state index is 13.0. The number of fused-ring (bicyclic) bond motifs is 2. The zero-order valence-electron chi connectivity index (χ0n) is 15.3. The van der Waals surface area contributed by atoms with Gasteiger partial charge in [-0.1, -0.05) is 6.07 Å². The Morgan fingerprint density at radius 2 is 1.29 bits per heavy atom. The summed E-state index contributed by atoms with van der Waals surface area (Å²) in [6.07, 6.45) is 1.77. The van der Waals surface area contributed by atoms with Crippen LogP contribution in [0.3, 0.4) is 0 Å². The first-order chi connectivity index (χ1) is 13.7. The SMILES string of the molecule is O=C(c1cccc(C(=O)N2CCc3sccc3C2)n1)N1CCc2sccc2C1. The van der Waals surface area contributed by atoms with E-state index in [1.165, 1.54) is 20.9 Å². The van der Waals surface area contributed by atoms with E-state index in [1.54, 1.807) is 40.9 Å². The van der Waals surface area contributed by atoms with Gasteiger partial charge in [0.25, 0.3) is 11.8 Å². The lowest BCUT2D eigenvalue weighted by molar-refractivity contribution is 0.0722. The first-order valence-electron chi connectivity index (χ1n) is 9.35. The summed E-state index contributed by atoms with van der Waals surface area (Å²) in [6.45, 7) is 2.62. The Kier molecular flexibility index (Phi) is 4.49. The molecule has 0 unspecified atom stereocenters. The Bertz CT molecular complexity index is 976. The highest BCUT2D eigenvalue weighted by molar-refractivity contribution is 7.10. The molecule has 0 radical (unpaired) electrons. The number of carbonyl (C=O) groups is 2. The minimum atomic E-state index is -0.106. The molecule has 5 nitrogen and oxygen atoms in total. The molecule has 7 heteroatoms. The smallest absolute Gasteiger partial charge is 0.272 e. The number of rotatable bonds is 2. The molecule has 0 fully saturated rings. The summed E-state index contributed by atoms with van der Waals surface area (Å²) in [5, 5.41) is 4.15. The highest BCUT2D eigenvalue weighted by Gasteiger charge is 2.26. The minimum absolute atomic E-state index is 0.106. The topological polar surface area (TPSA) is 53.5 Å². The van der Waals surface area contributed by atoms with E-state index in [9.17, 15) is 9.59 Å². The Balaban J connectivity index is 1.34. The van der Waals surface area contributed by atoms with Crippen molar-refractivity contribution in [3.05, 3.63) is 73.4 Å². The lowest BCUT2D eigenvalue weighted by Crippen LogP contribution is -2.37. The summed E-state index contributed by atoms with van der Waals surface area (Å²) in [4.78, 5) is 36.7. The predicted octanol–water partition coefficient (Wildman–Crippen LogP) is 3.60. The maximum absolute atomic E-state index is 13.0. The average Bonchev–Trinajstić information content (AvgIpc) is 3.40. The molecular weight excluding hydrogens is 390 g/mol. The summed E-state index contributed by atoms with van der Waals surface area (Å²) in [5.41, 5.74) is 3.13. The van der Waals surface area contributed by atoms with Gasteiger partial charge in [-0.05, 0) is 59.0 Å². The zero-order chi connectivity index (χ0) is 19.1. The van der Waals surface area contributed by atoms with Crippen molar-refractivity contribution in [2.24, 2.45) is 0 Å². The molecule has 0 aliphatic carbocycles. The van der Waals surface area contributed by atoms with E-state index in [-0.39, 0.29) is 11.8 Å². The molecule has 2 amide bonds. The van der Waals surface area contributed by atoms with Crippen LogP contribution in [-0.4, -0.2) is 39.7 Å². The first kappa shape index (κ1) is 17.6. The van der Waals surface area contributed by atoms with Crippen molar-refractivity contribution in [3.8, 4) is 0 Å². The van der Waals surface area contributed by atoms with Gasteiger partial charge >= 0.3 is 0 Å². The second kappa shape index (κ2) is 7.14. The van der Waals surface area contributed by atoms with Gasteiger partial charge in [-0.3, -0.25) is 9.59 Å². The van der Waals surface area contributed by atoms with Gasteiger partial charge in [-0.15, -0.1) is 22.7 Å². The van der Waals surface area contributed by atoms with E-state index in [0.29, 0.717) is 37.6 Å². The van der Waals surface area contributed by atoms with Gasteiger partial charge in [0.1, 0.15) is 11.4 Å². The van der Waals surface area contributed by atoms with Crippen molar-refractivity contribution >= 4 is 34.5 Å². The van der Waals surface area contributed by atoms with Gasteiger partial charge in [0.05, 0.1) is 0 Å². The van der Waals surface area contributed by atoms with E-state index in [4.69, 9.17) is 0 Å². The molecule has 0 spiro atoms. The number of hydrogen-bond donors (Lipinski definition) is 0. The third-order valence-electron chi connectivity index (χ3n) is 5.38. The monoisotopic (exact) mass is 409 g/mol. The van der Waals surface area contributed by atoms with Crippen LogP contribution in [0.25, 0.3) is 0 Å². The van der Waals surface area contributed by atoms with Gasteiger partial charge in [-0.25, -0.2) is 4.98 Å². The van der Waals surface area contributed by atoms with Gasteiger partial charge < -0.3 is 9.80 Å². The Hall–Kier alpha value is -2.51. The second-order valence-corrected chi connectivity index (χ2v) is 9.10. The van der Waals surface area contributed by atoms with Crippen LogP contribution < -0.4 is 0 Å². The van der Waals surface area contributed by atoms with E-state index in [1.807, 2.05) is 9.80 Å². The fraction of sp³-hybridized carbons (Fsp3) is 0.286. The second-order valence-electron chi connectivity index (χ2n) is 7.10. The highest BCUT2D eigenvalue weighted by atomic mass is 32.1. The third kappa shape index (κ3) is 3.14. The molecule has 3 aromatic heterocycles. The number of carbonyl (C=O) groups excluding carboxylic acids is 2. The third-order valence-corrected chi connectivity index (χ3v) is 7.42. The standard InChI is InChI=1S/C21H19N3O2S2/c25-20(23-8-4-18-14(12-23)6-10-27-18)16-2-1-3-17(22-16)21(26)24-9-5-19-15(13-24)7-11-28-19/h1-3,6-7,10-11H,4-5,8-9,12-13H2. The molecule has 0 saturated carbocycles. The van der Waals surface area contributed by atoms with Gasteiger partial charge in [0.2, 0.25) is 0 Å². The maximum Gasteiger partial charge on any atom is 0.272 e. The number of amides is 2. The van der Waals surface area contributed by atoms with E-state index >= 15 is 0 Å². The van der Waals surface area contributed by atoms with Crippen LogP contribution in [-0.2, 0) is 25.9 Å². The zero-order valence-corrected chi connectivity index (χ0v) is 16.9. The Morgan fingerprint density at radius 3 is 1.79 bits per heavy atom. The van der Waals surface area contributed by atoms with Crippen molar-refractivity contribution < 1.29 is 9.59 Å². The molecule has 5 heterocycles. The largest absolute Gasteiger partial charge is 0.333 e. The minimum Gasteiger partial charge on any atom is -0.333 e. The molecule has 2 aliphatic heterocycles. The van der Waals surface area contributed by atoms with E-state index in [2.05, 4.69) is 27.9 Å². The summed E-state index contributed by atoms with van der Waals surface area (Å²) in [5.74, 6) is -0.212. The summed E-state index contributed by atoms with van der Waals surface area (Å²) in [7, 11) is 0. The molecule has 0 atom stereocenters. The van der Waals surface area contributed by atoms with Crippen molar-refractivity contribution in [3.63, 3.8) is 0 Å². The van der Waals surface area contributed by atoms with Crippen molar-refractivity contribution in [2.45, 2.75) is 25.9 Å². The molecule has 0 bridgehead atoms. The van der Waals surface area contributed by atoms with Crippen LogP contribution in [0.15, 0.2) is 41.1 Å². The van der Waals surface area contributed by atoms with Gasteiger partial charge in [0.15, 0.2) is 0 Å². The van der Waals surface area contributed by atoms with Crippen molar-refractivity contribution in [1.82, 2.24) is 14.8 Å². The van der Waals surface area contributed by atoms with E-state index in [0.717, 1.165) is 12.8 Å². The Morgan fingerprint density at radius 1 is 0.786 bits per heavy atom. The van der Waals surface area contributed by atoms with Crippen LogP contribution in [0.4, 0.5) is 0 Å². The van der Waals surface area contributed by atoms with Gasteiger partial charge in [-0.2, -0.15) is 0 Å². The number of thiophene rings is 2. The average molecular weight is 410 g/mol. The van der Waals surface area contributed by atoms with Crippen LogP contribution in [0.1, 0.15) is 41.9 Å². The number of aromatic nitrogens is 1. The summed E-state index contributed by atoms with van der Waals surface area (Å²) in [6, 6.07) is 9.34. The quantitative estimate of drug-likeness (QED) is 0.650. The molecule has 2 aliphatic rings. The molecule has 3 aromatic rings. The van der Waals surface area contributed by atoms with E-state index < -0.39 is 0 Å². The van der Waals surface area contributed by atoms with Crippen molar-refractivity contribution in [2.75, 3.05) is 13.1 Å². The molecule has 0 aromatic carbocycles. The number of nitrogens with zero attached hydrogens (tertiary/aromatic N) is 3. The van der Waals surface area contributed by atoms with Gasteiger partial charge in [0, 0.05) is 35.9 Å². The molecule has 0 N–H and O–H groups in total. The summed E-state index contributed by atoms with van der Waals surface area (Å²) >= 11 is 3.50. The van der Waals surface area contributed by atoms with Crippen molar-refractivity contribution in [1.29, 1.82) is 0 Å². The molecular formula is C21H19N3O2S2. The normalized spacial score (nSPS) is 15.9.